The highest BCUT2D eigenvalue weighted by atomic mass is 16.5. The number of nitriles is 1. The maximum Gasteiger partial charge on any atom is 0.356 e. The maximum absolute atomic E-state index is 13.5. The van der Waals surface area contributed by atoms with E-state index >= 15 is 0 Å². The van der Waals surface area contributed by atoms with Gasteiger partial charge >= 0.3 is 5.97 Å². The van der Waals surface area contributed by atoms with Gasteiger partial charge in [-0.15, -0.1) is 0 Å². The zero-order valence-corrected chi connectivity index (χ0v) is 29.6. The molecule has 50 heavy (non-hydrogen) atoms. The Balaban J connectivity index is 0.963. The topological polar surface area (TPSA) is 144 Å². The highest BCUT2D eigenvalue weighted by Gasteiger charge is 2.64. The van der Waals surface area contributed by atoms with Crippen LogP contribution in [0.4, 0.5) is 11.5 Å². The maximum atomic E-state index is 13.5. The average Bonchev–Trinajstić information content (AvgIpc) is 3.13. The van der Waals surface area contributed by atoms with Crippen LogP contribution < -0.4 is 24.6 Å². The second kappa shape index (κ2) is 14.2. The van der Waals surface area contributed by atoms with E-state index in [-0.39, 0.29) is 34.6 Å². The third kappa shape index (κ3) is 7.05. The summed E-state index contributed by atoms with van der Waals surface area (Å²) in [5, 5.41) is 21.7. The SMILES string of the molecule is COc1cc(O[C@H]2C(C)(C)[C@H](NC(=O)c3ccc(N4CCC(CN5CCN(c6cnc(C(=O)O)cn6)CC5)CC4)cc3)C2(C)C)ccc1C#N. The number of hydrogen-bond acceptors (Lipinski definition) is 10. The molecule has 1 saturated carbocycles. The van der Waals surface area contributed by atoms with Crippen LogP contribution in [0.1, 0.15) is 66.9 Å². The van der Waals surface area contributed by atoms with E-state index in [2.05, 4.69) is 75.9 Å². The van der Waals surface area contributed by atoms with E-state index in [4.69, 9.17) is 14.6 Å². The molecule has 3 aromatic rings. The molecular weight excluding hydrogens is 634 g/mol. The summed E-state index contributed by atoms with van der Waals surface area (Å²) < 4.78 is 11.8. The minimum absolute atomic E-state index is 0.0394. The first-order valence-corrected chi connectivity index (χ1v) is 17.3. The lowest BCUT2D eigenvalue weighted by Crippen LogP contribution is -2.74. The Morgan fingerprint density at radius 1 is 0.940 bits per heavy atom. The second-order valence-electron chi connectivity index (χ2n) is 14.9. The van der Waals surface area contributed by atoms with Crippen LogP contribution >= 0.6 is 0 Å². The molecule has 12 nitrogen and oxygen atoms in total. The fourth-order valence-corrected chi connectivity index (χ4v) is 8.30. The number of carbonyl (C=O) groups is 2. The zero-order valence-electron chi connectivity index (χ0n) is 29.6. The molecule has 0 spiro atoms. The van der Waals surface area contributed by atoms with Gasteiger partial charge in [-0.1, -0.05) is 27.7 Å². The largest absolute Gasteiger partial charge is 0.495 e. The Morgan fingerprint density at radius 3 is 2.20 bits per heavy atom. The van der Waals surface area contributed by atoms with Crippen molar-refractivity contribution in [3.05, 3.63) is 71.7 Å². The van der Waals surface area contributed by atoms with E-state index in [9.17, 15) is 14.9 Å². The van der Waals surface area contributed by atoms with Crippen molar-refractivity contribution >= 4 is 23.4 Å². The summed E-state index contributed by atoms with van der Waals surface area (Å²) in [5.41, 5.74) is 1.53. The molecule has 2 aromatic carbocycles. The molecule has 0 radical (unpaired) electrons. The summed E-state index contributed by atoms with van der Waals surface area (Å²) in [5.74, 6) is 1.31. The van der Waals surface area contributed by atoms with Crippen molar-refractivity contribution in [2.45, 2.75) is 52.7 Å². The van der Waals surface area contributed by atoms with Crippen LogP contribution in [-0.2, 0) is 0 Å². The fourth-order valence-electron chi connectivity index (χ4n) is 8.30. The number of nitrogens with zero attached hydrogens (tertiary/aromatic N) is 6. The summed E-state index contributed by atoms with van der Waals surface area (Å²) in [4.78, 5) is 39.9. The minimum Gasteiger partial charge on any atom is -0.495 e. The van der Waals surface area contributed by atoms with E-state index in [1.807, 2.05) is 12.1 Å². The van der Waals surface area contributed by atoms with Crippen LogP contribution in [0, 0.1) is 28.1 Å². The number of benzene rings is 2. The van der Waals surface area contributed by atoms with Gasteiger partial charge in [0.25, 0.3) is 5.91 Å². The molecule has 2 aliphatic heterocycles. The summed E-state index contributed by atoms with van der Waals surface area (Å²) in [7, 11) is 1.54. The molecule has 1 amide bonds. The predicted molar refractivity (Wildman–Crippen MR) is 190 cm³/mol. The predicted octanol–water partition coefficient (Wildman–Crippen LogP) is 4.71. The van der Waals surface area contributed by atoms with Gasteiger partial charge in [0.05, 0.1) is 25.1 Å². The van der Waals surface area contributed by atoms with E-state index in [0.717, 1.165) is 70.2 Å². The molecule has 3 fully saturated rings. The molecule has 2 saturated heterocycles. The number of nitrogens with one attached hydrogen (secondary N) is 1. The lowest BCUT2D eigenvalue weighted by atomic mass is 9.49. The summed E-state index contributed by atoms with van der Waals surface area (Å²) in [6.07, 6.45) is 4.95. The van der Waals surface area contributed by atoms with E-state index in [1.165, 1.54) is 13.3 Å². The number of aromatic nitrogens is 2. The third-order valence-electron chi connectivity index (χ3n) is 10.8. The zero-order chi connectivity index (χ0) is 35.6. The van der Waals surface area contributed by atoms with Gasteiger partial charge in [-0.3, -0.25) is 9.69 Å². The smallest absolute Gasteiger partial charge is 0.356 e. The van der Waals surface area contributed by atoms with Crippen molar-refractivity contribution in [2.24, 2.45) is 16.7 Å². The normalized spacial score (nSPS) is 21.8. The number of rotatable bonds is 10. The first-order valence-electron chi connectivity index (χ1n) is 17.3. The van der Waals surface area contributed by atoms with Crippen LogP contribution in [0.15, 0.2) is 54.9 Å². The number of ether oxygens (including phenoxy) is 2. The Labute approximate surface area is 294 Å². The van der Waals surface area contributed by atoms with Crippen LogP contribution in [0.25, 0.3) is 0 Å². The molecule has 1 aliphatic carbocycles. The van der Waals surface area contributed by atoms with E-state index in [1.54, 1.807) is 24.4 Å². The number of amides is 1. The Morgan fingerprint density at radius 2 is 1.62 bits per heavy atom. The van der Waals surface area contributed by atoms with Gasteiger partial charge in [0.1, 0.15) is 29.5 Å². The van der Waals surface area contributed by atoms with Gasteiger partial charge in [-0.25, -0.2) is 14.8 Å². The molecule has 1 aromatic heterocycles. The molecule has 2 N–H and O–H groups in total. The van der Waals surface area contributed by atoms with Crippen molar-refractivity contribution in [3.8, 4) is 17.6 Å². The first-order chi connectivity index (χ1) is 23.9. The molecule has 0 bridgehead atoms. The fraction of sp³-hybridized carbons (Fsp3) is 0.500. The minimum atomic E-state index is -1.07. The molecule has 0 atom stereocenters. The summed E-state index contributed by atoms with van der Waals surface area (Å²) >= 11 is 0. The van der Waals surface area contributed by atoms with Crippen LogP contribution in [-0.4, -0.2) is 96.9 Å². The number of carboxylic acid groups (broad SMARTS) is 1. The average molecular weight is 682 g/mol. The van der Waals surface area contributed by atoms with Crippen molar-refractivity contribution in [1.29, 1.82) is 5.26 Å². The summed E-state index contributed by atoms with van der Waals surface area (Å²) in [6, 6.07) is 15.2. The Bertz CT molecular complexity index is 1710. The van der Waals surface area contributed by atoms with Crippen LogP contribution in [0.2, 0.25) is 0 Å². The Kier molecular flexibility index (Phi) is 9.89. The molecule has 12 heteroatoms. The Hall–Kier alpha value is -4.89. The van der Waals surface area contributed by atoms with Crippen molar-refractivity contribution < 1.29 is 24.2 Å². The number of aromatic carboxylic acids is 1. The first kappa shape index (κ1) is 35.0. The highest BCUT2D eigenvalue weighted by molar-refractivity contribution is 5.95. The molecular formula is C38H47N7O5. The number of piperidine rings is 1. The lowest BCUT2D eigenvalue weighted by Gasteiger charge is -2.63. The molecule has 6 rings (SSSR count). The molecule has 3 aliphatic rings. The van der Waals surface area contributed by atoms with Crippen molar-refractivity contribution in [1.82, 2.24) is 20.2 Å². The quantitative estimate of drug-likeness (QED) is 0.307. The molecule has 264 valence electrons. The highest BCUT2D eigenvalue weighted by Crippen LogP contribution is 2.55. The number of piperazine rings is 1. The van der Waals surface area contributed by atoms with Gasteiger partial charge in [0.15, 0.2) is 5.69 Å². The summed E-state index contributed by atoms with van der Waals surface area (Å²) in [6.45, 7) is 15.1. The van der Waals surface area contributed by atoms with Crippen LogP contribution in [0.3, 0.4) is 0 Å². The molecule has 3 heterocycles. The van der Waals surface area contributed by atoms with Crippen molar-refractivity contribution in [2.75, 3.05) is 62.7 Å². The number of carboxylic acids is 1. The van der Waals surface area contributed by atoms with Gasteiger partial charge in [0.2, 0.25) is 0 Å². The second-order valence-corrected chi connectivity index (χ2v) is 14.9. The van der Waals surface area contributed by atoms with E-state index in [0.29, 0.717) is 28.5 Å². The van der Waals surface area contributed by atoms with Gasteiger partial charge in [-0.05, 0) is 55.2 Å². The van der Waals surface area contributed by atoms with Gasteiger partial charge in [0, 0.05) is 80.0 Å². The standard InChI is InChI=1S/C38H47N7O5/c1-37(2)35(38(3,4)36(37)50-29-11-8-27(21-39)31(20-29)49-5)42-33(46)26-6-9-28(10-7-26)44-14-12-25(13-15-44)24-43-16-18-45(19-17-43)32-23-40-30(22-41-32)34(47)48/h6-11,20,22-23,25,35-36H,12-19,24H2,1-5H3,(H,42,46)(H,47,48)/t35-,36-. The third-order valence-corrected chi connectivity index (χ3v) is 10.8. The monoisotopic (exact) mass is 681 g/mol. The van der Waals surface area contributed by atoms with Crippen LogP contribution in [0.5, 0.6) is 11.5 Å². The number of hydrogen-bond donors (Lipinski definition) is 2. The van der Waals surface area contributed by atoms with Gasteiger partial charge < -0.3 is 29.7 Å². The van der Waals surface area contributed by atoms with Crippen molar-refractivity contribution in [3.63, 3.8) is 0 Å². The number of carbonyl (C=O) groups excluding carboxylic acids is 1. The lowest BCUT2D eigenvalue weighted by molar-refractivity contribution is -0.164. The number of anilines is 2. The number of methoxy groups -OCH3 is 1. The van der Waals surface area contributed by atoms with Gasteiger partial charge in [-0.2, -0.15) is 5.26 Å². The molecule has 0 unspecified atom stereocenters. The van der Waals surface area contributed by atoms with E-state index < -0.39 is 5.97 Å².